The molecule has 1 rings (SSSR count). The van der Waals surface area contributed by atoms with Gasteiger partial charge in [0.25, 0.3) is 0 Å². The molecule has 0 aliphatic carbocycles. The highest BCUT2D eigenvalue weighted by atomic mass is 35.5. The van der Waals surface area contributed by atoms with Crippen molar-refractivity contribution in [2.24, 2.45) is 5.92 Å². The number of halogens is 2. The van der Waals surface area contributed by atoms with Crippen molar-refractivity contribution < 1.29 is 0 Å². The van der Waals surface area contributed by atoms with Gasteiger partial charge in [0.2, 0.25) is 0 Å². The minimum absolute atomic E-state index is 0. The summed E-state index contributed by atoms with van der Waals surface area (Å²) >= 11 is 0. The summed E-state index contributed by atoms with van der Waals surface area (Å²) in [6, 6.07) is 0.688. The third kappa shape index (κ3) is 7.72. The standard InChI is InChI=1S/C12H26N2.2ClH/c1-11(2)9-12(13-3)10-14-7-5-4-6-8-14;;/h11-13H,4-10H2,1-3H3;2*1H. The lowest BCUT2D eigenvalue weighted by molar-refractivity contribution is 0.199. The molecule has 1 fully saturated rings. The molecule has 0 amide bonds. The molecular formula is C12H28Cl2N2. The van der Waals surface area contributed by atoms with Gasteiger partial charge in [0.1, 0.15) is 0 Å². The summed E-state index contributed by atoms with van der Waals surface area (Å²) in [6.07, 6.45) is 5.54. The van der Waals surface area contributed by atoms with E-state index in [0.29, 0.717) is 6.04 Å². The lowest BCUT2D eigenvalue weighted by atomic mass is 10.0. The van der Waals surface area contributed by atoms with Gasteiger partial charge < -0.3 is 10.2 Å². The van der Waals surface area contributed by atoms with Crippen molar-refractivity contribution in [2.45, 2.75) is 45.6 Å². The van der Waals surface area contributed by atoms with E-state index in [-0.39, 0.29) is 24.8 Å². The van der Waals surface area contributed by atoms with Crippen LogP contribution >= 0.6 is 24.8 Å². The predicted octanol–water partition coefficient (Wildman–Crippen LogP) is 2.95. The number of hydrogen-bond donors (Lipinski definition) is 1. The van der Waals surface area contributed by atoms with Crippen molar-refractivity contribution >= 4 is 24.8 Å². The Morgan fingerprint density at radius 1 is 1.06 bits per heavy atom. The van der Waals surface area contributed by atoms with Gasteiger partial charge in [-0.05, 0) is 45.3 Å². The summed E-state index contributed by atoms with van der Waals surface area (Å²) in [5.74, 6) is 0.803. The van der Waals surface area contributed by atoms with E-state index in [1.54, 1.807) is 0 Å². The molecule has 100 valence electrons. The molecule has 1 heterocycles. The molecule has 1 aliphatic rings. The monoisotopic (exact) mass is 270 g/mol. The van der Waals surface area contributed by atoms with Crippen LogP contribution in [0.2, 0.25) is 0 Å². The average Bonchev–Trinajstić information content (AvgIpc) is 2.17. The summed E-state index contributed by atoms with van der Waals surface area (Å²) in [4.78, 5) is 2.62. The smallest absolute Gasteiger partial charge is 0.0194 e. The van der Waals surface area contributed by atoms with Gasteiger partial charge in [-0.1, -0.05) is 20.3 Å². The number of rotatable bonds is 5. The Morgan fingerprint density at radius 3 is 2.06 bits per heavy atom. The number of piperidine rings is 1. The summed E-state index contributed by atoms with van der Waals surface area (Å²) < 4.78 is 0. The van der Waals surface area contributed by atoms with Crippen molar-refractivity contribution in [2.75, 3.05) is 26.7 Å². The zero-order chi connectivity index (χ0) is 10.4. The number of nitrogens with zero attached hydrogens (tertiary/aromatic N) is 1. The Hall–Kier alpha value is 0.500. The molecule has 0 saturated carbocycles. The molecule has 16 heavy (non-hydrogen) atoms. The van der Waals surface area contributed by atoms with Gasteiger partial charge in [0.15, 0.2) is 0 Å². The van der Waals surface area contributed by atoms with Gasteiger partial charge in [-0.15, -0.1) is 24.8 Å². The molecule has 1 atom stereocenters. The fraction of sp³-hybridized carbons (Fsp3) is 1.00. The van der Waals surface area contributed by atoms with Gasteiger partial charge in [0, 0.05) is 12.6 Å². The maximum Gasteiger partial charge on any atom is 0.0194 e. The van der Waals surface area contributed by atoms with Crippen LogP contribution in [0.5, 0.6) is 0 Å². The molecule has 1 aliphatic heterocycles. The van der Waals surface area contributed by atoms with Crippen LogP contribution in [0.15, 0.2) is 0 Å². The van der Waals surface area contributed by atoms with E-state index in [1.807, 2.05) is 0 Å². The first-order chi connectivity index (χ1) is 6.72. The molecule has 4 heteroatoms. The minimum Gasteiger partial charge on any atom is -0.316 e. The molecule has 1 unspecified atom stereocenters. The summed E-state index contributed by atoms with van der Waals surface area (Å²) in [7, 11) is 2.09. The highest BCUT2D eigenvalue weighted by Gasteiger charge is 2.15. The maximum absolute atomic E-state index is 3.44. The van der Waals surface area contributed by atoms with Crippen molar-refractivity contribution in [3.8, 4) is 0 Å². The van der Waals surface area contributed by atoms with Gasteiger partial charge >= 0.3 is 0 Å². The van der Waals surface area contributed by atoms with Crippen LogP contribution < -0.4 is 5.32 Å². The number of hydrogen-bond acceptors (Lipinski definition) is 2. The van der Waals surface area contributed by atoms with Crippen LogP contribution in [0, 0.1) is 5.92 Å². The van der Waals surface area contributed by atoms with Gasteiger partial charge in [-0.25, -0.2) is 0 Å². The van der Waals surface area contributed by atoms with Crippen LogP contribution in [0.4, 0.5) is 0 Å². The van der Waals surface area contributed by atoms with E-state index in [4.69, 9.17) is 0 Å². The van der Waals surface area contributed by atoms with Crippen molar-refractivity contribution in [3.63, 3.8) is 0 Å². The average molecular weight is 271 g/mol. The topological polar surface area (TPSA) is 15.3 Å². The van der Waals surface area contributed by atoms with Crippen LogP contribution in [-0.2, 0) is 0 Å². The van der Waals surface area contributed by atoms with Crippen LogP contribution in [0.3, 0.4) is 0 Å². The summed E-state index contributed by atoms with van der Waals surface area (Å²) in [5, 5.41) is 3.44. The van der Waals surface area contributed by atoms with Crippen LogP contribution in [-0.4, -0.2) is 37.6 Å². The van der Waals surface area contributed by atoms with E-state index in [1.165, 1.54) is 45.3 Å². The minimum atomic E-state index is 0. The first-order valence-corrected chi connectivity index (χ1v) is 6.12. The normalized spacial score (nSPS) is 18.8. The maximum atomic E-state index is 3.44. The van der Waals surface area contributed by atoms with E-state index in [9.17, 15) is 0 Å². The molecule has 0 bridgehead atoms. The number of likely N-dealkylation sites (N-methyl/N-ethyl adjacent to an activating group) is 1. The highest BCUT2D eigenvalue weighted by molar-refractivity contribution is 5.85. The molecule has 0 radical (unpaired) electrons. The van der Waals surface area contributed by atoms with E-state index >= 15 is 0 Å². The van der Waals surface area contributed by atoms with Crippen molar-refractivity contribution in [1.29, 1.82) is 0 Å². The lowest BCUT2D eigenvalue weighted by Crippen LogP contribution is -2.42. The van der Waals surface area contributed by atoms with Crippen LogP contribution in [0.25, 0.3) is 0 Å². The molecule has 0 aromatic rings. The second-order valence-corrected chi connectivity index (χ2v) is 4.98. The first kappa shape index (κ1) is 18.9. The Labute approximate surface area is 113 Å². The number of nitrogens with one attached hydrogen (secondary N) is 1. The van der Waals surface area contributed by atoms with Gasteiger partial charge in [-0.2, -0.15) is 0 Å². The second-order valence-electron chi connectivity index (χ2n) is 4.98. The Kier molecular flexibility index (Phi) is 12.5. The predicted molar refractivity (Wildman–Crippen MR) is 77.1 cm³/mol. The highest BCUT2D eigenvalue weighted by Crippen LogP contribution is 2.11. The third-order valence-corrected chi connectivity index (χ3v) is 3.09. The fourth-order valence-corrected chi connectivity index (χ4v) is 2.31. The zero-order valence-corrected chi connectivity index (χ0v) is 12.5. The third-order valence-electron chi connectivity index (χ3n) is 3.09. The quantitative estimate of drug-likeness (QED) is 0.827. The molecular weight excluding hydrogens is 243 g/mol. The van der Waals surface area contributed by atoms with Gasteiger partial charge in [0.05, 0.1) is 0 Å². The van der Waals surface area contributed by atoms with E-state index < -0.39 is 0 Å². The lowest BCUT2D eigenvalue weighted by Gasteiger charge is -2.31. The number of likely N-dealkylation sites (tertiary alicyclic amines) is 1. The molecule has 2 nitrogen and oxygen atoms in total. The van der Waals surface area contributed by atoms with Gasteiger partial charge in [-0.3, -0.25) is 0 Å². The largest absolute Gasteiger partial charge is 0.316 e. The molecule has 0 spiro atoms. The summed E-state index contributed by atoms with van der Waals surface area (Å²) in [6.45, 7) is 8.49. The first-order valence-electron chi connectivity index (χ1n) is 6.12. The fourth-order valence-electron chi connectivity index (χ4n) is 2.31. The molecule has 0 aromatic carbocycles. The molecule has 1 saturated heterocycles. The van der Waals surface area contributed by atoms with Crippen molar-refractivity contribution in [3.05, 3.63) is 0 Å². The Balaban J connectivity index is 0. The zero-order valence-electron chi connectivity index (χ0n) is 10.9. The Bertz CT molecular complexity index is 148. The van der Waals surface area contributed by atoms with Crippen molar-refractivity contribution in [1.82, 2.24) is 10.2 Å². The SMILES string of the molecule is CNC(CC(C)C)CN1CCCCC1.Cl.Cl. The summed E-state index contributed by atoms with van der Waals surface area (Å²) in [5.41, 5.74) is 0. The molecule has 0 aromatic heterocycles. The van der Waals surface area contributed by atoms with Crippen LogP contribution in [0.1, 0.15) is 39.5 Å². The second kappa shape index (κ2) is 10.6. The van der Waals surface area contributed by atoms with E-state index in [2.05, 4.69) is 31.1 Å². The van der Waals surface area contributed by atoms with E-state index in [0.717, 1.165) is 5.92 Å². The molecule has 1 N–H and O–H groups in total. The Morgan fingerprint density at radius 2 is 1.62 bits per heavy atom.